The number of aliphatic hydroxyl groups is 2. The molecule has 0 radical (unpaired) electrons. The van der Waals surface area contributed by atoms with Gasteiger partial charge in [-0.15, -0.1) is 0 Å². The molecule has 10 heteroatoms. The predicted octanol–water partition coefficient (Wildman–Crippen LogP) is -0.893. The van der Waals surface area contributed by atoms with Gasteiger partial charge in [-0.25, -0.2) is 4.79 Å². The van der Waals surface area contributed by atoms with Crippen molar-refractivity contribution in [1.29, 1.82) is 0 Å². The second-order valence-electron chi connectivity index (χ2n) is 5.53. The van der Waals surface area contributed by atoms with Gasteiger partial charge < -0.3 is 14.9 Å². The van der Waals surface area contributed by atoms with Gasteiger partial charge in [-0.1, -0.05) is 18.3 Å². The van der Waals surface area contributed by atoms with E-state index in [-0.39, 0.29) is 17.0 Å². The lowest BCUT2D eigenvalue weighted by atomic mass is 9.95. The number of thiazole rings is 1. The number of hydrogen-bond acceptors (Lipinski definition) is 7. The first-order valence-electron chi connectivity index (χ1n) is 7.28. The summed E-state index contributed by atoms with van der Waals surface area (Å²) in [5.74, 6) is -0.421. The number of ether oxygens (including phenoxy) is 1. The number of aliphatic hydroxyl groups excluding tert-OH is 2. The highest BCUT2D eigenvalue weighted by Gasteiger charge is 2.41. The summed E-state index contributed by atoms with van der Waals surface area (Å²) in [7, 11) is 0. The first kappa shape index (κ1) is 16.1. The van der Waals surface area contributed by atoms with E-state index in [4.69, 9.17) is 4.74 Å². The Balaban J connectivity index is 2.18. The van der Waals surface area contributed by atoms with Gasteiger partial charge in [-0.05, 0) is 12.8 Å². The summed E-state index contributed by atoms with van der Waals surface area (Å²) in [6, 6.07) is 0. The van der Waals surface area contributed by atoms with Gasteiger partial charge in [0, 0.05) is 5.92 Å². The molecule has 23 heavy (non-hydrogen) atoms. The topological polar surface area (TPSA) is 137 Å². The fraction of sp³-hybridized carbons (Fsp3) is 0.615. The maximum Gasteiger partial charge on any atom is 0.327 e. The Bertz CT molecular complexity index is 880. The van der Waals surface area contributed by atoms with Crippen LogP contribution in [0.4, 0.5) is 0 Å². The zero-order chi connectivity index (χ0) is 16.7. The van der Waals surface area contributed by atoms with E-state index in [1.54, 1.807) is 6.92 Å². The molecule has 1 aliphatic rings. The lowest BCUT2D eigenvalue weighted by Crippen LogP contribution is -2.31. The Kier molecular flexibility index (Phi) is 4.23. The third-order valence-corrected chi connectivity index (χ3v) is 5.07. The summed E-state index contributed by atoms with van der Waals surface area (Å²) in [5.41, 5.74) is -1.29. The zero-order valence-corrected chi connectivity index (χ0v) is 13.1. The molecule has 0 bridgehead atoms. The third kappa shape index (κ3) is 2.67. The number of fused-ring (bicyclic) bond motifs is 1. The van der Waals surface area contributed by atoms with E-state index >= 15 is 0 Å². The molecular formula is C13H17N3O6S. The molecule has 0 spiro atoms. The van der Waals surface area contributed by atoms with Gasteiger partial charge in [0.05, 0.1) is 18.8 Å². The number of hydrogen-bond donors (Lipinski definition) is 4. The Morgan fingerprint density at radius 1 is 1.39 bits per heavy atom. The highest BCUT2D eigenvalue weighted by atomic mass is 32.1. The Morgan fingerprint density at radius 3 is 2.78 bits per heavy atom. The van der Waals surface area contributed by atoms with E-state index in [1.165, 1.54) is 4.57 Å². The fourth-order valence-corrected chi connectivity index (χ4v) is 3.84. The van der Waals surface area contributed by atoms with E-state index < -0.39 is 40.5 Å². The number of aromatic nitrogens is 3. The molecule has 1 fully saturated rings. The van der Waals surface area contributed by atoms with Crippen molar-refractivity contribution in [1.82, 2.24) is 14.5 Å². The number of aromatic amines is 2. The number of H-pyrrole nitrogens is 2. The van der Waals surface area contributed by atoms with Crippen molar-refractivity contribution in [2.75, 3.05) is 6.61 Å². The molecule has 0 aliphatic carbocycles. The van der Waals surface area contributed by atoms with Crippen LogP contribution in [0.5, 0.6) is 0 Å². The molecule has 1 aliphatic heterocycles. The van der Waals surface area contributed by atoms with Crippen LogP contribution in [0.1, 0.15) is 26.0 Å². The van der Waals surface area contributed by atoms with Crippen LogP contribution in [-0.4, -0.2) is 43.6 Å². The number of nitrogens with zero attached hydrogens (tertiary/aromatic N) is 1. The van der Waals surface area contributed by atoms with Crippen molar-refractivity contribution in [3.05, 3.63) is 30.5 Å². The predicted molar refractivity (Wildman–Crippen MR) is 82.7 cm³/mol. The van der Waals surface area contributed by atoms with E-state index in [1.807, 2.05) is 0 Å². The van der Waals surface area contributed by atoms with Crippen molar-refractivity contribution in [2.24, 2.45) is 5.92 Å². The smallest absolute Gasteiger partial charge is 0.327 e. The maximum absolute atomic E-state index is 12.3. The summed E-state index contributed by atoms with van der Waals surface area (Å²) in [6.45, 7) is 1.56. The van der Waals surface area contributed by atoms with Crippen LogP contribution in [0, 0.1) is 5.92 Å². The van der Waals surface area contributed by atoms with Gasteiger partial charge in [0.1, 0.15) is 16.6 Å². The Hall–Kier alpha value is -1.75. The van der Waals surface area contributed by atoms with Gasteiger partial charge in [0.15, 0.2) is 0 Å². The quantitative estimate of drug-likeness (QED) is 0.568. The van der Waals surface area contributed by atoms with E-state index in [9.17, 15) is 24.6 Å². The minimum Gasteiger partial charge on any atom is -0.394 e. The molecule has 2 aromatic heterocycles. The van der Waals surface area contributed by atoms with Crippen LogP contribution in [0.15, 0.2) is 14.4 Å². The second kappa shape index (κ2) is 6.04. The van der Waals surface area contributed by atoms with Crippen LogP contribution in [0.2, 0.25) is 0 Å². The van der Waals surface area contributed by atoms with Crippen LogP contribution in [0.25, 0.3) is 10.3 Å². The normalized spacial score (nSPS) is 26.0. The van der Waals surface area contributed by atoms with Gasteiger partial charge in [-0.2, -0.15) is 0 Å². The first-order valence-corrected chi connectivity index (χ1v) is 8.10. The fourth-order valence-electron chi connectivity index (χ4n) is 2.98. The van der Waals surface area contributed by atoms with Crippen molar-refractivity contribution in [3.63, 3.8) is 0 Å². The van der Waals surface area contributed by atoms with Gasteiger partial charge in [-0.3, -0.25) is 24.1 Å². The average Bonchev–Trinajstić information content (AvgIpc) is 3.07. The van der Waals surface area contributed by atoms with E-state index in [0.29, 0.717) is 24.2 Å². The van der Waals surface area contributed by atoms with E-state index in [2.05, 4.69) is 9.97 Å². The van der Waals surface area contributed by atoms with Crippen LogP contribution in [0.3, 0.4) is 0 Å². The molecule has 4 N–H and O–H groups in total. The largest absolute Gasteiger partial charge is 0.394 e. The summed E-state index contributed by atoms with van der Waals surface area (Å²) < 4.78 is 6.97. The molecule has 3 heterocycles. The maximum atomic E-state index is 12.3. The summed E-state index contributed by atoms with van der Waals surface area (Å²) in [6.07, 6.45) is -1.25. The lowest BCUT2D eigenvalue weighted by Gasteiger charge is -2.23. The van der Waals surface area contributed by atoms with Crippen LogP contribution in [-0.2, 0) is 4.74 Å². The first-order chi connectivity index (χ1) is 11.0. The van der Waals surface area contributed by atoms with Crippen molar-refractivity contribution in [3.8, 4) is 0 Å². The molecule has 4 atom stereocenters. The number of nitrogens with one attached hydrogen (secondary N) is 2. The van der Waals surface area contributed by atoms with Crippen LogP contribution < -0.4 is 16.1 Å². The summed E-state index contributed by atoms with van der Waals surface area (Å²) in [5, 5.41) is 19.5. The highest BCUT2D eigenvalue weighted by Crippen LogP contribution is 2.38. The Labute approximate surface area is 133 Å². The molecule has 4 unspecified atom stereocenters. The molecule has 126 valence electrons. The molecule has 0 amide bonds. The highest BCUT2D eigenvalue weighted by molar-refractivity contribution is 7.16. The lowest BCUT2D eigenvalue weighted by molar-refractivity contribution is -0.0496. The zero-order valence-electron chi connectivity index (χ0n) is 12.3. The Morgan fingerprint density at radius 2 is 2.13 bits per heavy atom. The van der Waals surface area contributed by atoms with Crippen molar-refractivity contribution in [2.45, 2.75) is 38.2 Å². The molecule has 0 saturated carbocycles. The van der Waals surface area contributed by atoms with Gasteiger partial charge in [0.25, 0.3) is 5.56 Å². The van der Waals surface area contributed by atoms with E-state index in [0.717, 1.165) is 0 Å². The molecule has 1 saturated heterocycles. The minimum absolute atomic E-state index is 0.0747. The molecule has 0 aromatic carbocycles. The molecule has 3 rings (SSSR count). The molecular weight excluding hydrogens is 326 g/mol. The average molecular weight is 343 g/mol. The summed E-state index contributed by atoms with van der Waals surface area (Å²) in [4.78, 5) is 39.7. The van der Waals surface area contributed by atoms with Gasteiger partial charge >= 0.3 is 10.6 Å². The van der Waals surface area contributed by atoms with Crippen LogP contribution >= 0.6 is 11.3 Å². The third-order valence-electron chi connectivity index (χ3n) is 4.11. The second-order valence-corrected chi connectivity index (χ2v) is 6.49. The van der Waals surface area contributed by atoms with Gasteiger partial charge in [0.2, 0.25) is 0 Å². The van der Waals surface area contributed by atoms with Crippen molar-refractivity contribution < 1.29 is 14.9 Å². The SMILES string of the molecule is CCC(O)C1CC(CO)OC1n1c(=O)sc2c(=O)[nH]c(=O)[nH]c21. The minimum atomic E-state index is -0.846. The summed E-state index contributed by atoms with van der Waals surface area (Å²) >= 11 is 0.700. The van der Waals surface area contributed by atoms with Crippen molar-refractivity contribution >= 4 is 21.7 Å². The molecule has 9 nitrogen and oxygen atoms in total. The standard InChI is InChI=1S/C13H17N3O6S/c1-2-7(18)6-3-5(4-17)22-11(6)16-9-8(23-13(16)21)10(19)15-12(20)14-9/h5-7,11,17-18H,2-4H2,1H3,(H2,14,15,19,20). The monoisotopic (exact) mass is 343 g/mol. The molecule has 2 aromatic rings. The number of rotatable bonds is 4.